The minimum Gasteiger partial charge on any atom is -0.507 e. The van der Waals surface area contributed by atoms with Crippen LogP contribution in [-0.4, -0.2) is 53.8 Å². The third kappa shape index (κ3) is 5.22. The molecule has 0 aromatic heterocycles. The van der Waals surface area contributed by atoms with E-state index in [9.17, 15) is 19.1 Å². The summed E-state index contributed by atoms with van der Waals surface area (Å²) in [6.45, 7) is 2.57. The summed E-state index contributed by atoms with van der Waals surface area (Å²) in [4.78, 5) is 26.9. The Bertz CT molecular complexity index is 1020. The number of nitrogens with one attached hydrogen (secondary N) is 1. The highest BCUT2D eigenvalue weighted by Gasteiger charge is 2.40. The van der Waals surface area contributed by atoms with Crippen molar-refractivity contribution in [2.75, 3.05) is 20.2 Å². The zero-order valence-corrected chi connectivity index (χ0v) is 18.9. The molecule has 1 heterocycles. The Morgan fingerprint density at radius 3 is 2.45 bits per heavy atom. The van der Waals surface area contributed by atoms with E-state index < -0.39 is 17.4 Å². The second-order valence-electron chi connectivity index (χ2n) is 8.66. The van der Waals surface area contributed by atoms with Crippen LogP contribution in [0, 0.1) is 17.1 Å². The number of carbonyl (C=O) groups is 2. The second-order valence-corrected chi connectivity index (χ2v) is 8.66. The lowest BCUT2D eigenvalue weighted by Crippen LogP contribution is -2.48. The van der Waals surface area contributed by atoms with Gasteiger partial charge in [-0.25, -0.2) is 4.39 Å². The number of rotatable bonds is 8. The highest BCUT2D eigenvalue weighted by atomic mass is 19.1. The average Bonchev–Trinajstić information content (AvgIpc) is 2.81. The van der Waals surface area contributed by atoms with Crippen molar-refractivity contribution in [2.24, 2.45) is 11.7 Å². The van der Waals surface area contributed by atoms with E-state index in [-0.39, 0.29) is 23.0 Å². The lowest BCUT2D eigenvalue weighted by Gasteiger charge is -2.33. The van der Waals surface area contributed by atoms with E-state index in [1.165, 1.54) is 38.3 Å². The maximum absolute atomic E-state index is 13.2. The molecule has 2 aromatic rings. The van der Waals surface area contributed by atoms with Gasteiger partial charge in [0.1, 0.15) is 11.6 Å². The van der Waals surface area contributed by atoms with Crippen LogP contribution in [0.4, 0.5) is 4.39 Å². The molecule has 3 rings (SSSR count). The fourth-order valence-electron chi connectivity index (χ4n) is 4.34. The number of ether oxygens (including phenoxy) is 1. The second kappa shape index (κ2) is 10.1. The van der Waals surface area contributed by atoms with Crippen molar-refractivity contribution in [3.8, 4) is 5.75 Å². The van der Waals surface area contributed by atoms with E-state index in [1.54, 1.807) is 23.1 Å². The van der Waals surface area contributed by atoms with Crippen LogP contribution in [0.5, 0.6) is 5.75 Å². The number of hydrogen-bond acceptors (Lipinski definition) is 5. The first-order chi connectivity index (χ1) is 15.7. The number of benzene rings is 2. The van der Waals surface area contributed by atoms with E-state index in [0.29, 0.717) is 24.6 Å². The number of methoxy groups -OCH3 is 1. The Morgan fingerprint density at radius 1 is 1.27 bits per heavy atom. The standard InChI is InChI=1S/C25H30FN3O4/c1-25(33-2,24(28)32)21(15-27)18-5-8-22(30)20(14-18)23(31)29-11-9-17(10-12-29)13-16-3-6-19(26)7-4-16/h3-8,14-15,17,21,27,30H,9-13H2,1-2H3,(H2,28,32). The van der Waals surface area contributed by atoms with Crippen molar-refractivity contribution < 1.29 is 23.8 Å². The summed E-state index contributed by atoms with van der Waals surface area (Å²) in [6, 6.07) is 10.9. The number of nitrogens with zero attached hydrogens (tertiary/aromatic N) is 1. The maximum atomic E-state index is 13.2. The SMILES string of the molecule is COC(C)(C(N)=O)C(C=N)c1ccc(O)c(C(=O)N2CCC(Cc3ccc(F)cc3)CC2)c1. The van der Waals surface area contributed by atoms with Crippen molar-refractivity contribution in [3.05, 3.63) is 65.0 Å². The Morgan fingerprint density at radius 2 is 1.91 bits per heavy atom. The molecule has 1 aliphatic rings. The van der Waals surface area contributed by atoms with Crippen molar-refractivity contribution >= 4 is 18.0 Å². The fourth-order valence-corrected chi connectivity index (χ4v) is 4.34. The molecule has 2 unspecified atom stereocenters. The number of aromatic hydroxyl groups is 1. The predicted octanol–water partition coefficient (Wildman–Crippen LogP) is 3.25. The largest absolute Gasteiger partial charge is 0.507 e. The summed E-state index contributed by atoms with van der Waals surface area (Å²) in [5, 5.41) is 18.2. The quantitative estimate of drug-likeness (QED) is 0.530. The van der Waals surface area contributed by atoms with Crippen LogP contribution in [0.25, 0.3) is 0 Å². The van der Waals surface area contributed by atoms with Gasteiger partial charge in [-0.3, -0.25) is 9.59 Å². The molecule has 1 aliphatic heterocycles. The first kappa shape index (κ1) is 24.4. The summed E-state index contributed by atoms with van der Waals surface area (Å²) in [7, 11) is 1.34. The van der Waals surface area contributed by atoms with Crippen LogP contribution in [-0.2, 0) is 16.0 Å². The predicted molar refractivity (Wildman–Crippen MR) is 123 cm³/mol. The minimum atomic E-state index is -1.47. The lowest BCUT2D eigenvalue weighted by atomic mass is 9.82. The Labute approximate surface area is 192 Å². The summed E-state index contributed by atoms with van der Waals surface area (Å²) in [6.07, 6.45) is 3.48. The van der Waals surface area contributed by atoms with Gasteiger partial charge in [-0.2, -0.15) is 0 Å². The number of halogens is 1. The molecule has 1 saturated heterocycles. The van der Waals surface area contributed by atoms with Crippen LogP contribution in [0.15, 0.2) is 42.5 Å². The Kier molecular flexibility index (Phi) is 7.48. The zero-order valence-electron chi connectivity index (χ0n) is 18.9. The van der Waals surface area contributed by atoms with Crippen LogP contribution in [0.3, 0.4) is 0 Å². The van der Waals surface area contributed by atoms with E-state index in [1.807, 2.05) is 0 Å². The molecule has 4 N–H and O–H groups in total. The molecule has 2 aromatic carbocycles. The molecule has 0 aliphatic carbocycles. The van der Waals surface area contributed by atoms with Crippen molar-refractivity contribution in [3.63, 3.8) is 0 Å². The topological polar surface area (TPSA) is 117 Å². The lowest BCUT2D eigenvalue weighted by molar-refractivity contribution is -0.138. The minimum absolute atomic E-state index is 0.110. The van der Waals surface area contributed by atoms with E-state index in [2.05, 4.69) is 0 Å². The molecule has 0 radical (unpaired) electrons. The number of carbonyl (C=O) groups excluding carboxylic acids is 2. The summed E-state index contributed by atoms with van der Waals surface area (Å²) >= 11 is 0. The number of amides is 2. The molecule has 176 valence electrons. The first-order valence-corrected chi connectivity index (χ1v) is 10.9. The molecule has 2 atom stereocenters. The van der Waals surface area contributed by atoms with Gasteiger partial charge in [-0.15, -0.1) is 0 Å². The number of phenols is 1. The van der Waals surface area contributed by atoms with Gasteiger partial charge in [-0.05, 0) is 67.5 Å². The fraction of sp³-hybridized carbons (Fsp3) is 0.400. The number of hydrogen-bond donors (Lipinski definition) is 3. The van der Waals surface area contributed by atoms with Crippen molar-refractivity contribution in [2.45, 2.75) is 37.7 Å². The summed E-state index contributed by atoms with van der Waals surface area (Å²) in [5.74, 6) is -1.90. The van der Waals surface area contributed by atoms with Gasteiger partial charge in [0.2, 0.25) is 5.91 Å². The van der Waals surface area contributed by atoms with Crippen molar-refractivity contribution in [1.29, 1.82) is 5.41 Å². The van der Waals surface area contributed by atoms with Crippen LogP contribution >= 0.6 is 0 Å². The molecule has 0 bridgehead atoms. The van der Waals surface area contributed by atoms with Gasteiger partial charge in [0.25, 0.3) is 5.91 Å². The number of likely N-dealkylation sites (tertiary alicyclic amines) is 1. The van der Waals surface area contributed by atoms with Gasteiger partial charge < -0.3 is 25.9 Å². The molecule has 33 heavy (non-hydrogen) atoms. The molecule has 8 heteroatoms. The first-order valence-electron chi connectivity index (χ1n) is 10.9. The number of piperidine rings is 1. The highest BCUT2D eigenvalue weighted by molar-refractivity contribution is 5.97. The smallest absolute Gasteiger partial charge is 0.257 e. The van der Waals surface area contributed by atoms with Crippen LogP contribution in [0.2, 0.25) is 0 Å². The number of phenolic OH excluding ortho intramolecular Hbond substituents is 1. The molecule has 7 nitrogen and oxygen atoms in total. The van der Waals surface area contributed by atoms with Crippen LogP contribution in [0.1, 0.15) is 47.2 Å². The van der Waals surface area contributed by atoms with Gasteiger partial charge >= 0.3 is 0 Å². The third-order valence-corrected chi connectivity index (χ3v) is 6.62. The molecule has 2 amide bonds. The van der Waals surface area contributed by atoms with Crippen molar-refractivity contribution in [1.82, 2.24) is 4.90 Å². The van der Waals surface area contributed by atoms with Gasteiger partial charge in [0.15, 0.2) is 5.60 Å². The Hall–Kier alpha value is -3.26. The van der Waals surface area contributed by atoms with Gasteiger partial charge in [0.05, 0.1) is 11.5 Å². The summed E-state index contributed by atoms with van der Waals surface area (Å²) < 4.78 is 18.4. The molecular formula is C25H30FN3O4. The normalized spacial score (nSPS) is 17.2. The average molecular weight is 456 g/mol. The molecule has 1 fully saturated rings. The number of primary amides is 1. The van der Waals surface area contributed by atoms with E-state index in [4.69, 9.17) is 15.9 Å². The van der Waals surface area contributed by atoms with E-state index in [0.717, 1.165) is 31.0 Å². The maximum Gasteiger partial charge on any atom is 0.257 e. The number of nitrogens with two attached hydrogens (primary N) is 1. The van der Waals surface area contributed by atoms with E-state index >= 15 is 0 Å². The molecule has 0 saturated carbocycles. The highest BCUT2D eigenvalue weighted by Crippen LogP contribution is 2.33. The third-order valence-electron chi connectivity index (χ3n) is 6.62. The Balaban J connectivity index is 1.73. The monoisotopic (exact) mass is 455 g/mol. The van der Waals surface area contributed by atoms with Gasteiger partial charge in [0, 0.05) is 26.4 Å². The molecule has 0 spiro atoms. The van der Waals surface area contributed by atoms with Crippen LogP contribution < -0.4 is 5.73 Å². The van der Waals surface area contributed by atoms with Gasteiger partial charge in [-0.1, -0.05) is 18.2 Å². The summed E-state index contributed by atoms with van der Waals surface area (Å²) in [5.41, 5.74) is 5.68. The zero-order chi connectivity index (χ0) is 24.2. The molecular weight excluding hydrogens is 425 g/mol.